The zero-order valence-electron chi connectivity index (χ0n) is 39.5. The van der Waals surface area contributed by atoms with E-state index in [9.17, 15) is 24.0 Å². The summed E-state index contributed by atoms with van der Waals surface area (Å²) in [7, 11) is 2.58. The Labute approximate surface area is 392 Å². The van der Waals surface area contributed by atoms with Crippen LogP contribution in [0.1, 0.15) is 108 Å². The summed E-state index contributed by atoms with van der Waals surface area (Å²) >= 11 is 0. The number of aromatic nitrogens is 2. The maximum absolute atomic E-state index is 14.0. The van der Waals surface area contributed by atoms with Gasteiger partial charge in [-0.05, 0) is 114 Å². The van der Waals surface area contributed by atoms with Crippen molar-refractivity contribution in [3.05, 3.63) is 95.1 Å². The molecule has 0 radical (unpaired) electrons. The van der Waals surface area contributed by atoms with E-state index in [1.165, 1.54) is 62.2 Å². The number of H-pyrrole nitrogens is 1. The van der Waals surface area contributed by atoms with Gasteiger partial charge in [0, 0.05) is 19.2 Å². The number of allylic oxidation sites excluding steroid dienone is 5. The van der Waals surface area contributed by atoms with Crippen LogP contribution in [0.3, 0.4) is 0 Å². The smallest absolute Gasteiger partial charge is 0.407 e. The molecule has 1 saturated carbocycles. The van der Waals surface area contributed by atoms with Crippen LogP contribution in [0.5, 0.6) is 0 Å². The Bertz CT molecular complexity index is 2580. The molecule has 14 nitrogen and oxygen atoms in total. The number of hydrogen-bond acceptors (Lipinski definition) is 9. The van der Waals surface area contributed by atoms with Gasteiger partial charge in [-0.1, -0.05) is 89.1 Å². The second kappa shape index (κ2) is 18.8. The zero-order chi connectivity index (χ0) is 47.1. The van der Waals surface area contributed by atoms with Crippen LogP contribution >= 0.6 is 0 Å². The number of alkyl carbamates (subject to hydrolysis) is 2. The molecule has 1 aromatic heterocycles. The number of rotatable bonds is 11. The molecule has 4 amide bonds. The largest absolute Gasteiger partial charge is 0.453 e. The number of ether oxygens (including phenoxy) is 2. The minimum Gasteiger partial charge on any atom is -0.453 e. The Kier molecular flexibility index (Phi) is 12.8. The molecule has 3 aliphatic heterocycles. The van der Waals surface area contributed by atoms with E-state index in [4.69, 9.17) is 19.5 Å². The van der Waals surface area contributed by atoms with Crippen LogP contribution < -0.4 is 10.6 Å². The fraction of sp³-hybridized carbons (Fsp3) is 0.491. The van der Waals surface area contributed by atoms with E-state index in [2.05, 4.69) is 64.2 Å². The van der Waals surface area contributed by atoms with Gasteiger partial charge >= 0.3 is 12.2 Å². The fourth-order valence-corrected chi connectivity index (χ4v) is 11.5. The number of methoxy groups -OCH3 is 2. The Hall–Kier alpha value is -6.31. The highest BCUT2D eigenvalue weighted by molar-refractivity contribution is 6.20. The van der Waals surface area contributed by atoms with Crippen LogP contribution in [0.4, 0.5) is 9.59 Å². The Morgan fingerprint density at radius 1 is 0.746 bits per heavy atom. The number of hydrogen-bond donors (Lipinski definition) is 3. The lowest BCUT2D eigenvalue weighted by atomic mass is 9.82. The van der Waals surface area contributed by atoms with Gasteiger partial charge in [0.05, 0.1) is 55.5 Å². The van der Waals surface area contributed by atoms with Crippen LogP contribution in [-0.4, -0.2) is 101 Å². The second-order valence-corrected chi connectivity index (χ2v) is 20.0. The highest BCUT2D eigenvalue weighted by Crippen LogP contribution is 2.53. The van der Waals surface area contributed by atoms with Gasteiger partial charge in [0.25, 0.3) is 0 Å². The molecular weight excluding hydrogens is 847 g/mol. The Morgan fingerprint density at radius 2 is 1.31 bits per heavy atom. The monoisotopic (exact) mass is 909 g/mol. The van der Waals surface area contributed by atoms with Crippen molar-refractivity contribution in [2.75, 3.05) is 27.3 Å². The third-order valence-electron chi connectivity index (χ3n) is 15.1. The number of fused-ring (bicyclic) bond motifs is 2. The lowest BCUT2D eigenvalue weighted by molar-refractivity contribution is -0.136. The number of likely N-dealkylation sites (tertiary alicyclic amines) is 2. The van der Waals surface area contributed by atoms with Crippen LogP contribution in [0, 0.1) is 23.2 Å². The Morgan fingerprint density at radius 3 is 1.93 bits per heavy atom. The fourth-order valence-electron chi connectivity index (χ4n) is 11.5. The van der Waals surface area contributed by atoms with E-state index < -0.39 is 30.2 Å². The molecule has 1 spiro atoms. The molecule has 2 saturated heterocycles. The first-order valence-corrected chi connectivity index (χ1v) is 24.1. The number of ketones is 1. The molecule has 3 aromatic rings. The molecule has 14 heteroatoms. The maximum atomic E-state index is 14.0. The van der Waals surface area contributed by atoms with Crippen LogP contribution in [0.15, 0.2) is 77.6 Å². The average Bonchev–Trinajstić information content (AvgIpc) is 4.20. The average molecular weight is 910 g/mol. The van der Waals surface area contributed by atoms with Crippen molar-refractivity contribution in [2.45, 2.75) is 116 Å². The van der Waals surface area contributed by atoms with Crippen molar-refractivity contribution in [3.8, 4) is 22.4 Å². The van der Waals surface area contributed by atoms with Crippen molar-refractivity contribution < 1.29 is 33.4 Å². The third-order valence-corrected chi connectivity index (χ3v) is 15.1. The molecule has 5 atom stereocenters. The molecule has 2 aromatic carbocycles. The maximum Gasteiger partial charge on any atom is 0.407 e. The number of imidazole rings is 1. The summed E-state index contributed by atoms with van der Waals surface area (Å²) in [6, 6.07) is 11.1. The van der Waals surface area contributed by atoms with Crippen LogP contribution in [0.25, 0.3) is 28.0 Å². The highest BCUT2D eigenvalue weighted by atomic mass is 16.5. The first-order chi connectivity index (χ1) is 32.3. The normalized spacial score (nSPS) is 22.6. The van der Waals surface area contributed by atoms with Gasteiger partial charge in [-0.15, -0.1) is 0 Å². The quantitative estimate of drug-likeness (QED) is 0.172. The number of carbonyl (C=O) groups is 5. The standard InChI is InChI=1S/C53H63N7O7/c1-30(2)46(57-51(64)66-5)49(62)59-23-9-11-43(59)41-26-45(61)37-25-34(17-20-40(37)55-41)36-19-18-35(38-27-53(28-39(36)38)21-7-8-22-53)32-13-15-33(16-14-32)42-29-54-48(56-42)44-12-10-24-60(44)50(63)47(31(3)4)58-52(65)67-6/h13-20,25-26,29-31,37,43-44,46-47H,7-12,21-24,27-28H2,1-6H3,(H,54,56)(H,57,64)(H,58,65). The van der Waals surface area contributed by atoms with Crippen molar-refractivity contribution in [2.24, 2.45) is 28.2 Å². The predicted molar refractivity (Wildman–Crippen MR) is 256 cm³/mol. The third kappa shape index (κ3) is 8.87. The first kappa shape index (κ1) is 45.8. The number of benzene rings is 2. The van der Waals surface area contributed by atoms with Gasteiger partial charge in [0.2, 0.25) is 11.8 Å². The summed E-state index contributed by atoms with van der Waals surface area (Å²) in [5, 5.41) is 5.42. The van der Waals surface area contributed by atoms with Crippen LogP contribution in [0.2, 0.25) is 0 Å². The minimum atomic E-state index is -0.752. The SMILES string of the molecule is COC(=O)NC(C(=O)N1CCCC1C1=CC(=O)C2C=C(c3ccc(-c4ccc(-c5cnc(C6CCCN6C(=O)C(NC(=O)OC)C(C)C)[nH]5)cc4)c4c3CC3(CCCC3)C4)C=CC2=N1)C(C)C. The molecule has 352 valence electrons. The molecule has 5 unspecified atom stereocenters. The van der Waals surface area contributed by atoms with Crippen molar-refractivity contribution >= 4 is 41.1 Å². The number of aliphatic imine (C=N–C) groups is 1. The number of aromatic amines is 1. The van der Waals surface area contributed by atoms with E-state index in [-0.39, 0.29) is 46.9 Å². The van der Waals surface area contributed by atoms with Crippen molar-refractivity contribution in [1.82, 2.24) is 30.4 Å². The van der Waals surface area contributed by atoms with Gasteiger partial charge in [0.1, 0.15) is 17.9 Å². The summed E-state index contributed by atoms with van der Waals surface area (Å²) in [5.74, 6) is -0.424. The predicted octanol–water partition coefficient (Wildman–Crippen LogP) is 8.30. The molecule has 67 heavy (non-hydrogen) atoms. The number of carbonyl (C=O) groups excluding carboxylic acids is 5. The van der Waals surface area contributed by atoms with E-state index in [0.717, 1.165) is 60.3 Å². The second-order valence-electron chi connectivity index (χ2n) is 20.0. The van der Waals surface area contributed by atoms with Gasteiger partial charge in [-0.2, -0.15) is 0 Å². The van der Waals surface area contributed by atoms with E-state index in [0.29, 0.717) is 30.9 Å². The summed E-state index contributed by atoms with van der Waals surface area (Å²) in [6.07, 6.45) is 18.4. The van der Waals surface area contributed by atoms with Crippen molar-refractivity contribution in [3.63, 3.8) is 0 Å². The van der Waals surface area contributed by atoms with Gasteiger partial charge in [0.15, 0.2) is 5.78 Å². The van der Waals surface area contributed by atoms with Gasteiger partial charge < -0.3 is 34.9 Å². The number of nitrogens with zero attached hydrogens (tertiary/aromatic N) is 4. The lowest BCUT2D eigenvalue weighted by Gasteiger charge is -2.32. The molecule has 9 rings (SSSR count). The summed E-state index contributed by atoms with van der Waals surface area (Å²) in [4.78, 5) is 82.6. The summed E-state index contributed by atoms with van der Waals surface area (Å²) in [6.45, 7) is 8.71. The molecule has 3 aliphatic carbocycles. The van der Waals surface area contributed by atoms with Gasteiger partial charge in [-0.25, -0.2) is 14.6 Å². The summed E-state index contributed by atoms with van der Waals surface area (Å²) < 4.78 is 9.60. The molecule has 3 N–H and O–H groups in total. The number of amides is 4. The van der Waals surface area contributed by atoms with Crippen molar-refractivity contribution in [1.29, 1.82) is 0 Å². The lowest BCUT2D eigenvalue weighted by Crippen LogP contribution is -2.52. The van der Waals surface area contributed by atoms with E-state index in [1.54, 1.807) is 11.0 Å². The van der Waals surface area contributed by atoms with Crippen LogP contribution in [-0.2, 0) is 36.7 Å². The van der Waals surface area contributed by atoms with E-state index in [1.807, 2.05) is 44.9 Å². The van der Waals surface area contributed by atoms with E-state index >= 15 is 0 Å². The minimum absolute atomic E-state index is 0.0407. The molecule has 6 aliphatic rings. The molecule has 4 heterocycles. The van der Waals surface area contributed by atoms with Gasteiger partial charge in [-0.3, -0.25) is 19.4 Å². The zero-order valence-corrected chi connectivity index (χ0v) is 39.5. The molecular formula is C53H63N7O7. The Balaban J connectivity index is 0.940. The molecule has 3 fully saturated rings. The molecule has 0 bridgehead atoms. The first-order valence-electron chi connectivity index (χ1n) is 24.1. The number of nitrogens with one attached hydrogen (secondary N) is 3. The highest BCUT2D eigenvalue weighted by Gasteiger charge is 2.43. The summed E-state index contributed by atoms with van der Waals surface area (Å²) in [5.41, 5.74) is 10.7. The topological polar surface area (TPSA) is 175 Å².